The predicted molar refractivity (Wildman–Crippen MR) is 173 cm³/mol. The lowest BCUT2D eigenvalue weighted by Gasteiger charge is -2.17. The molecule has 232 valence electrons. The van der Waals surface area contributed by atoms with Gasteiger partial charge in [0.1, 0.15) is 6.10 Å². The van der Waals surface area contributed by atoms with E-state index in [2.05, 4.69) is 45.9 Å². The average molecular weight is 608 g/mol. The summed E-state index contributed by atoms with van der Waals surface area (Å²) in [5.41, 5.74) is 6.12. The molecular weight excluding hydrogens is 570 g/mol. The normalized spacial score (nSPS) is 16.7. The number of hydrogen-bond donors (Lipinski definition) is 4. The van der Waals surface area contributed by atoms with Crippen molar-refractivity contribution < 1.29 is 9.53 Å². The summed E-state index contributed by atoms with van der Waals surface area (Å²) in [7, 11) is 1.89. The average Bonchev–Trinajstić information content (AvgIpc) is 3.37. The quantitative estimate of drug-likeness (QED) is 0.179. The SMILES string of the molecule is Cc1cc(O[C@H]2CCN(CC(=O)Nc3cccc4c(-c5nc(Nc6cc(C)n(C)n6)ncc5C)c[nH]c34)C2)nc(NC2CC2)n1. The molecule has 1 aliphatic heterocycles. The number of ether oxygens (including phenoxy) is 1. The van der Waals surface area contributed by atoms with E-state index in [9.17, 15) is 4.79 Å². The summed E-state index contributed by atoms with van der Waals surface area (Å²) in [5.74, 6) is 2.26. The molecule has 1 amide bonds. The Labute approximate surface area is 260 Å². The summed E-state index contributed by atoms with van der Waals surface area (Å²) in [4.78, 5) is 36.9. The van der Waals surface area contributed by atoms with E-state index in [4.69, 9.17) is 9.72 Å². The van der Waals surface area contributed by atoms with Gasteiger partial charge < -0.3 is 25.7 Å². The number of nitrogens with one attached hydrogen (secondary N) is 4. The summed E-state index contributed by atoms with van der Waals surface area (Å²) in [5, 5.41) is 15.1. The van der Waals surface area contributed by atoms with Crippen molar-refractivity contribution in [3.63, 3.8) is 0 Å². The summed E-state index contributed by atoms with van der Waals surface area (Å²) in [6.45, 7) is 7.61. The molecule has 1 saturated heterocycles. The third kappa shape index (κ3) is 6.43. The maximum atomic E-state index is 13.2. The van der Waals surface area contributed by atoms with Crippen molar-refractivity contribution in [3.8, 4) is 17.1 Å². The van der Waals surface area contributed by atoms with Crippen LogP contribution in [0.25, 0.3) is 22.2 Å². The van der Waals surface area contributed by atoms with Crippen molar-refractivity contribution in [3.05, 3.63) is 59.7 Å². The number of benzene rings is 1. The van der Waals surface area contributed by atoms with Gasteiger partial charge in [-0.25, -0.2) is 15.0 Å². The van der Waals surface area contributed by atoms with Gasteiger partial charge in [0.2, 0.25) is 23.7 Å². The highest BCUT2D eigenvalue weighted by molar-refractivity contribution is 6.06. The Morgan fingerprint density at radius 1 is 1.09 bits per heavy atom. The number of fused-ring (bicyclic) bond motifs is 1. The fourth-order valence-corrected chi connectivity index (χ4v) is 5.64. The van der Waals surface area contributed by atoms with Gasteiger partial charge in [0.15, 0.2) is 5.82 Å². The Hall–Kier alpha value is -5.04. The number of hydrogen-bond acceptors (Lipinski definition) is 10. The van der Waals surface area contributed by atoms with Crippen LogP contribution in [0.1, 0.15) is 36.2 Å². The van der Waals surface area contributed by atoms with Crippen molar-refractivity contribution in [2.45, 2.75) is 52.2 Å². The Kier molecular flexibility index (Phi) is 7.53. The Morgan fingerprint density at radius 2 is 1.96 bits per heavy atom. The van der Waals surface area contributed by atoms with E-state index >= 15 is 0 Å². The van der Waals surface area contributed by atoms with E-state index in [0.717, 1.165) is 70.6 Å². The van der Waals surface area contributed by atoms with Gasteiger partial charge in [0.05, 0.1) is 23.4 Å². The molecule has 7 rings (SSSR count). The maximum absolute atomic E-state index is 13.2. The first-order chi connectivity index (χ1) is 21.8. The second-order valence-corrected chi connectivity index (χ2v) is 12.0. The lowest BCUT2D eigenvalue weighted by molar-refractivity contribution is -0.117. The molecule has 45 heavy (non-hydrogen) atoms. The lowest BCUT2D eigenvalue weighted by Crippen LogP contribution is -2.33. The first kappa shape index (κ1) is 28.7. The van der Waals surface area contributed by atoms with E-state index < -0.39 is 0 Å². The van der Waals surface area contributed by atoms with Crippen LogP contribution in [0.15, 0.2) is 42.7 Å². The molecule has 13 heteroatoms. The van der Waals surface area contributed by atoms with Crippen LogP contribution in [-0.4, -0.2) is 77.3 Å². The van der Waals surface area contributed by atoms with Crippen LogP contribution in [0.3, 0.4) is 0 Å². The number of rotatable bonds is 10. The highest BCUT2D eigenvalue weighted by atomic mass is 16.5. The molecule has 4 N–H and O–H groups in total. The topological polar surface area (TPSA) is 151 Å². The van der Waals surface area contributed by atoms with Crippen LogP contribution >= 0.6 is 0 Å². The van der Waals surface area contributed by atoms with Crippen LogP contribution in [-0.2, 0) is 11.8 Å². The third-order valence-corrected chi connectivity index (χ3v) is 8.20. The van der Waals surface area contributed by atoms with Gasteiger partial charge in [0.25, 0.3) is 0 Å². The zero-order valence-electron chi connectivity index (χ0n) is 25.9. The van der Waals surface area contributed by atoms with Crippen LogP contribution in [0.5, 0.6) is 5.88 Å². The van der Waals surface area contributed by atoms with Crippen molar-refractivity contribution in [2.75, 3.05) is 35.6 Å². The van der Waals surface area contributed by atoms with Gasteiger partial charge in [-0.1, -0.05) is 12.1 Å². The molecule has 13 nitrogen and oxygen atoms in total. The van der Waals surface area contributed by atoms with Gasteiger partial charge in [0, 0.05) is 73.0 Å². The standard InChI is InChI=1S/C32H37N11O2/c1-18-14-34-31(38-26-13-20(3)42(4)41-26)40-29(18)24-15-33-30-23(24)6-5-7-25(30)37-27(44)17-43-11-10-22(16-43)45-28-12-19(2)35-32(39-28)36-21-8-9-21/h5-7,12-15,21-22,33H,8-11,16-17H2,1-4H3,(H,37,44)(H,35,36,39)(H,34,38,40,41)/t22-/m0/s1. The summed E-state index contributed by atoms with van der Waals surface area (Å²) < 4.78 is 8.00. The van der Waals surface area contributed by atoms with E-state index in [1.54, 1.807) is 10.9 Å². The number of anilines is 4. The van der Waals surface area contributed by atoms with E-state index in [1.807, 2.05) is 64.3 Å². The van der Waals surface area contributed by atoms with Crippen LogP contribution in [0.2, 0.25) is 0 Å². The molecule has 5 aromatic rings. The molecule has 4 aromatic heterocycles. The number of aromatic nitrogens is 7. The van der Waals surface area contributed by atoms with E-state index in [1.165, 1.54) is 0 Å². The summed E-state index contributed by atoms with van der Waals surface area (Å²) >= 11 is 0. The van der Waals surface area contributed by atoms with Gasteiger partial charge in [-0.05, 0) is 51.7 Å². The second kappa shape index (κ2) is 11.8. The van der Waals surface area contributed by atoms with Gasteiger partial charge in [-0.3, -0.25) is 14.4 Å². The molecule has 0 bridgehead atoms. The molecule has 1 aliphatic carbocycles. The highest BCUT2D eigenvalue weighted by Gasteiger charge is 2.27. The Morgan fingerprint density at radius 3 is 2.76 bits per heavy atom. The monoisotopic (exact) mass is 607 g/mol. The molecule has 1 aromatic carbocycles. The van der Waals surface area contributed by atoms with Crippen molar-refractivity contribution in [1.82, 2.24) is 39.6 Å². The molecule has 2 aliphatic rings. The number of nitrogens with zero attached hydrogens (tertiary/aromatic N) is 7. The number of para-hydroxylation sites is 1. The molecule has 1 atom stereocenters. The molecule has 0 spiro atoms. The lowest BCUT2D eigenvalue weighted by atomic mass is 10.1. The molecule has 5 heterocycles. The number of H-pyrrole nitrogens is 1. The minimum absolute atomic E-state index is 0.0348. The zero-order valence-corrected chi connectivity index (χ0v) is 25.9. The summed E-state index contributed by atoms with van der Waals surface area (Å²) in [6, 6.07) is 10.1. The smallest absolute Gasteiger partial charge is 0.238 e. The van der Waals surface area contributed by atoms with Crippen LogP contribution in [0, 0.1) is 20.8 Å². The number of likely N-dealkylation sites (tertiary alicyclic amines) is 1. The molecular formula is C32H37N11O2. The van der Waals surface area contributed by atoms with Crippen molar-refractivity contribution in [2.24, 2.45) is 7.05 Å². The van der Waals surface area contributed by atoms with Gasteiger partial charge in [-0.2, -0.15) is 10.1 Å². The number of carbonyl (C=O) groups excluding carboxylic acids is 1. The van der Waals surface area contributed by atoms with Gasteiger partial charge >= 0.3 is 0 Å². The highest BCUT2D eigenvalue weighted by Crippen LogP contribution is 2.33. The predicted octanol–water partition coefficient (Wildman–Crippen LogP) is 4.48. The van der Waals surface area contributed by atoms with E-state index in [0.29, 0.717) is 36.2 Å². The molecule has 2 fully saturated rings. The summed E-state index contributed by atoms with van der Waals surface area (Å²) in [6.07, 6.45) is 6.82. The maximum Gasteiger partial charge on any atom is 0.238 e. The minimum atomic E-state index is -0.0801. The first-order valence-corrected chi connectivity index (χ1v) is 15.3. The first-order valence-electron chi connectivity index (χ1n) is 15.3. The Bertz CT molecular complexity index is 1860. The van der Waals surface area contributed by atoms with E-state index in [-0.39, 0.29) is 18.6 Å². The number of amides is 1. The number of aryl methyl sites for hydroxylation is 4. The molecule has 0 unspecified atom stereocenters. The number of carbonyl (C=O) groups is 1. The largest absolute Gasteiger partial charge is 0.473 e. The van der Waals surface area contributed by atoms with Crippen LogP contribution < -0.4 is 20.7 Å². The minimum Gasteiger partial charge on any atom is -0.473 e. The van der Waals surface area contributed by atoms with Crippen molar-refractivity contribution in [1.29, 1.82) is 0 Å². The Balaban J connectivity index is 1.00. The van der Waals surface area contributed by atoms with Gasteiger partial charge in [-0.15, -0.1) is 0 Å². The zero-order chi connectivity index (χ0) is 31.1. The molecule has 1 saturated carbocycles. The number of aromatic amines is 1. The molecule has 0 radical (unpaired) electrons. The van der Waals surface area contributed by atoms with Crippen LogP contribution in [0.4, 0.5) is 23.4 Å². The third-order valence-electron chi connectivity index (χ3n) is 8.20. The fraction of sp³-hybridized carbons (Fsp3) is 0.375. The second-order valence-electron chi connectivity index (χ2n) is 12.0. The fourth-order valence-electron chi connectivity index (χ4n) is 5.64. The van der Waals surface area contributed by atoms with Crippen molar-refractivity contribution >= 4 is 40.2 Å².